The van der Waals surface area contributed by atoms with Crippen LogP contribution in [0.4, 0.5) is 17.1 Å². The molecule has 0 N–H and O–H groups in total. The van der Waals surface area contributed by atoms with E-state index >= 15 is 0 Å². The van der Waals surface area contributed by atoms with Crippen molar-refractivity contribution in [2.45, 2.75) is 0 Å². The van der Waals surface area contributed by atoms with Gasteiger partial charge in [0.05, 0.1) is 21.3 Å². The zero-order valence-corrected chi connectivity index (χ0v) is 10.6. The maximum atomic E-state index is 10.7. The van der Waals surface area contributed by atoms with Gasteiger partial charge in [-0.1, -0.05) is 29.8 Å². The van der Waals surface area contributed by atoms with Crippen molar-refractivity contribution in [2.75, 3.05) is 5.01 Å². The van der Waals surface area contributed by atoms with Gasteiger partial charge < -0.3 is 0 Å². The Labute approximate surface area is 114 Å². The molecule has 0 atom stereocenters. The van der Waals surface area contributed by atoms with E-state index in [-0.39, 0.29) is 10.7 Å². The van der Waals surface area contributed by atoms with Gasteiger partial charge in [0.15, 0.2) is 0 Å². The minimum absolute atomic E-state index is 0.0641. The number of para-hydroxylation sites is 1. The average Bonchev–Trinajstić information content (AvgIpc) is 2.42. The molecule has 2 rings (SSSR count). The van der Waals surface area contributed by atoms with Crippen molar-refractivity contribution in [1.82, 2.24) is 0 Å². The predicted octanol–water partition coefficient (Wildman–Crippen LogP) is 4.00. The molecule has 0 aliphatic rings. The molecule has 5 nitrogen and oxygen atoms in total. The molecule has 0 heterocycles. The number of hydrogen-bond donors (Lipinski definition) is 0. The molecule has 0 amide bonds. The molecule has 0 fully saturated rings. The first-order valence-electron chi connectivity index (χ1n) is 5.39. The van der Waals surface area contributed by atoms with Gasteiger partial charge in [-0.15, -0.1) is 0 Å². The van der Waals surface area contributed by atoms with E-state index < -0.39 is 4.92 Å². The van der Waals surface area contributed by atoms with E-state index in [9.17, 15) is 10.1 Å². The van der Waals surface area contributed by atoms with Gasteiger partial charge in [0.2, 0.25) is 0 Å². The van der Waals surface area contributed by atoms with Crippen LogP contribution >= 0.6 is 11.6 Å². The number of anilines is 2. The van der Waals surface area contributed by atoms with E-state index in [1.165, 1.54) is 17.1 Å². The lowest BCUT2D eigenvalue weighted by Gasteiger charge is -2.19. The third-order valence-electron chi connectivity index (χ3n) is 2.51. The van der Waals surface area contributed by atoms with Crippen molar-refractivity contribution in [2.24, 2.45) is 5.10 Å². The Morgan fingerprint density at radius 2 is 1.89 bits per heavy atom. The molecule has 0 saturated carbocycles. The van der Waals surface area contributed by atoms with Crippen molar-refractivity contribution in [3.05, 3.63) is 63.7 Å². The van der Waals surface area contributed by atoms with Gasteiger partial charge in [-0.05, 0) is 18.2 Å². The highest BCUT2D eigenvalue weighted by Gasteiger charge is 2.15. The maximum absolute atomic E-state index is 10.7. The largest absolute Gasteiger partial charge is 0.271 e. The van der Waals surface area contributed by atoms with E-state index in [4.69, 9.17) is 11.6 Å². The number of nitro groups is 1. The molecule has 0 bridgehead atoms. The molecular formula is C13H10ClN3O2. The SMILES string of the molecule is C=NN(c1ccccc1)c1ccc([N+](=O)[O-])cc1Cl. The third-order valence-corrected chi connectivity index (χ3v) is 2.82. The van der Waals surface area contributed by atoms with Gasteiger partial charge in [-0.3, -0.25) is 10.1 Å². The van der Waals surface area contributed by atoms with Crippen LogP contribution in [0.2, 0.25) is 5.02 Å². The summed E-state index contributed by atoms with van der Waals surface area (Å²) >= 11 is 6.06. The first-order valence-corrected chi connectivity index (χ1v) is 5.77. The average molecular weight is 276 g/mol. The number of hydrazone groups is 1. The number of nitro benzene ring substituents is 1. The van der Waals surface area contributed by atoms with Gasteiger partial charge in [-0.2, -0.15) is 5.10 Å². The Balaban J connectivity index is 2.45. The van der Waals surface area contributed by atoms with Crippen LogP contribution in [0.5, 0.6) is 0 Å². The molecular weight excluding hydrogens is 266 g/mol. The summed E-state index contributed by atoms with van der Waals surface area (Å²) in [5.74, 6) is 0. The fraction of sp³-hybridized carbons (Fsp3) is 0. The summed E-state index contributed by atoms with van der Waals surface area (Å²) in [6, 6.07) is 13.5. The summed E-state index contributed by atoms with van der Waals surface area (Å²) in [6.45, 7) is 3.50. The molecule has 0 radical (unpaired) electrons. The van der Waals surface area contributed by atoms with Gasteiger partial charge in [0.1, 0.15) is 0 Å². The van der Waals surface area contributed by atoms with Gasteiger partial charge in [-0.25, -0.2) is 5.01 Å². The van der Waals surface area contributed by atoms with Gasteiger partial charge >= 0.3 is 0 Å². The topological polar surface area (TPSA) is 58.7 Å². The number of benzene rings is 2. The van der Waals surface area contributed by atoms with Crippen molar-refractivity contribution >= 4 is 35.4 Å². The number of rotatable bonds is 4. The molecule has 96 valence electrons. The van der Waals surface area contributed by atoms with Gasteiger partial charge in [0.25, 0.3) is 5.69 Å². The highest BCUT2D eigenvalue weighted by Crippen LogP contribution is 2.34. The fourth-order valence-corrected chi connectivity index (χ4v) is 1.90. The van der Waals surface area contributed by atoms with E-state index in [2.05, 4.69) is 11.8 Å². The van der Waals surface area contributed by atoms with Crippen LogP contribution in [0.1, 0.15) is 0 Å². The summed E-state index contributed by atoms with van der Waals surface area (Å²) in [7, 11) is 0. The molecule has 2 aromatic carbocycles. The second-order valence-electron chi connectivity index (χ2n) is 3.68. The Hall–Kier alpha value is -2.40. The van der Waals surface area contributed by atoms with Crippen LogP contribution in [-0.4, -0.2) is 11.6 Å². The molecule has 0 saturated heterocycles. The summed E-state index contributed by atoms with van der Waals surface area (Å²) in [5.41, 5.74) is 1.24. The first kappa shape index (κ1) is 13.0. The first-order chi connectivity index (χ1) is 9.13. The molecule has 19 heavy (non-hydrogen) atoms. The monoisotopic (exact) mass is 275 g/mol. The summed E-state index contributed by atoms with van der Waals surface area (Å²) in [5, 5.41) is 16.3. The Bertz CT molecular complexity index is 617. The molecule has 2 aromatic rings. The van der Waals surface area contributed by atoms with E-state index in [0.717, 1.165) is 5.69 Å². The normalized spacial score (nSPS) is 9.95. The zero-order valence-electron chi connectivity index (χ0n) is 9.86. The quantitative estimate of drug-likeness (QED) is 0.481. The summed E-state index contributed by atoms with van der Waals surface area (Å²) in [4.78, 5) is 10.2. The number of nitrogens with zero attached hydrogens (tertiary/aromatic N) is 3. The fourth-order valence-electron chi connectivity index (χ4n) is 1.65. The number of hydrogen-bond acceptors (Lipinski definition) is 4. The van der Waals surface area contributed by atoms with Crippen molar-refractivity contribution in [1.29, 1.82) is 0 Å². The summed E-state index contributed by atoms with van der Waals surface area (Å²) < 4.78 is 0. The van der Waals surface area contributed by atoms with E-state index in [0.29, 0.717) is 5.69 Å². The molecule has 0 aromatic heterocycles. The highest BCUT2D eigenvalue weighted by atomic mass is 35.5. The number of non-ortho nitro benzene ring substituents is 1. The van der Waals surface area contributed by atoms with E-state index in [1.807, 2.05) is 30.3 Å². The number of halogens is 1. The molecule has 0 spiro atoms. The van der Waals surface area contributed by atoms with Crippen molar-refractivity contribution in [3.63, 3.8) is 0 Å². The van der Waals surface area contributed by atoms with Crippen LogP contribution in [-0.2, 0) is 0 Å². The summed E-state index contributed by atoms with van der Waals surface area (Å²) in [6.07, 6.45) is 0. The van der Waals surface area contributed by atoms with Crippen LogP contribution in [0.3, 0.4) is 0 Å². The van der Waals surface area contributed by atoms with Crippen molar-refractivity contribution in [3.8, 4) is 0 Å². The van der Waals surface area contributed by atoms with Crippen LogP contribution in [0, 0.1) is 10.1 Å². The van der Waals surface area contributed by atoms with Crippen LogP contribution in [0.25, 0.3) is 0 Å². The third kappa shape index (κ3) is 2.71. The second-order valence-corrected chi connectivity index (χ2v) is 4.09. The smallest absolute Gasteiger partial charge is 0.258 e. The lowest BCUT2D eigenvalue weighted by molar-refractivity contribution is -0.384. The molecule has 0 unspecified atom stereocenters. The van der Waals surface area contributed by atoms with Crippen LogP contribution in [0.15, 0.2) is 53.6 Å². The zero-order chi connectivity index (χ0) is 13.8. The Kier molecular flexibility index (Phi) is 3.77. The molecule has 6 heteroatoms. The highest BCUT2D eigenvalue weighted by molar-refractivity contribution is 6.33. The lowest BCUT2D eigenvalue weighted by Crippen LogP contribution is -2.08. The minimum Gasteiger partial charge on any atom is -0.258 e. The Morgan fingerprint density at radius 3 is 2.42 bits per heavy atom. The van der Waals surface area contributed by atoms with Crippen molar-refractivity contribution < 1.29 is 4.92 Å². The lowest BCUT2D eigenvalue weighted by atomic mass is 10.2. The molecule has 0 aliphatic carbocycles. The molecule has 0 aliphatic heterocycles. The standard InChI is InChI=1S/C13H10ClN3O2/c1-15-16(10-5-3-2-4-6-10)13-8-7-11(17(18)19)9-12(13)14/h2-9H,1H2. The van der Waals surface area contributed by atoms with Gasteiger partial charge in [0, 0.05) is 18.9 Å². The second kappa shape index (κ2) is 5.49. The predicted molar refractivity (Wildman–Crippen MR) is 76.2 cm³/mol. The van der Waals surface area contributed by atoms with Crippen LogP contribution < -0.4 is 5.01 Å². The minimum atomic E-state index is -0.496. The van der Waals surface area contributed by atoms with E-state index in [1.54, 1.807) is 6.07 Å². The Morgan fingerprint density at radius 1 is 1.21 bits per heavy atom. The maximum Gasteiger partial charge on any atom is 0.271 e.